The Kier molecular flexibility index (Phi) is 6.16. The van der Waals surface area contributed by atoms with Crippen molar-refractivity contribution in [1.29, 1.82) is 0 Å². The number of hydrogen-bond acceptors (Lipinski definition) is 8. The summed E-state index contributed by atoms with van der Waals surface area (Å²) in [5, 5.41) is 28.9. The monoisotopic (exact) mass is 340 g/mol. The van der Waals surface area contributed by atoms with Crippen LogP contribution in [0.1, 0.15) is 5.56 Å². The topological polar surface area (TPSA) is 115 Å². The highest BCUT2D eigenvalue weighted by atomic mass is 16.7. The zero-order chi connectivity index (χ0) is 17.7. The Labute approximate surface area is 138 Å². The number of phenolic OH excluding ortho intramolecular Hbond substituents is 1. The van der Waals surface area contributed by atoms with Crippen molar-refractivity contribution in [2.75, 3.05) is 20.8 Å². The molecule has 1 aliphatic heterocycles. The molecule has 132 valence electrons. The van der Waals surface area contributed by atoms with Crippen LogP contribution < -0.4 is 4.74 Å². The van der Waals surface area contributed by atoms with Crippen LogP contribution in [0, 0.1) is 0 Å². The second kappa shape index (κ2) is 8.11. The van der Waals surface area contributed by atoms with E-state index in [9.17, 15) is 20.1 Å². The van der Waals surface area contributed by atoms with E-state index in [1.807, 2.05) is 0 Å². The quantitative estimate of drug-likeness (QED) is 0.492. The van der Waals surface area contributed by atoms with Crippen molar-refractivity contribution in [3.8, 4) is 11.5 Å². The molecule has 1 saturated heterocycles. The lowest BCUT2D eigenvalue weighted by Crippen LogP contribution is -2.35. The van der Waals surface area contributed by atoms with Crippen LogP contribution in [0.5, 0.6) is 11.5 Å². The van der Waals surface area contributed by atoms with E-state index in [1.165, 1.54) is 32.4 Å². The summed E-state index contributed by atoms with van der Waals surface area (Å²) < 4.78 is 20.0. The van der Waals surface area contributed by atoms with E-state index in [1.54, 1.807) is 12.1 Å². The Hall–Kier alpha value is -2.13. The van der Waals surface area contributed by atoms with Crippen molar-refractivity contribution in [3.63, 3.8) is 0 Å². The molecule has 0 aliphatic carbocycles. The van der Waals surface area contributed by atoms with E-state index in [2.05, 4.69) is 0 Å². The van der Waals surface area contributed by atoms with Gasteiger partial charge in [0.05, 0.1) is 7.11 Å². The number of aliphatic hydroxyl groups is 2. The molecule has 0 spiro atoms. The molecule has 0 saturated carbocycles. The van der Waals surface area contributed by atoms with Gasteiger partial charge in [-0.25, -0.2) is 4.79 Å². The minimum absolute atomic E-state index is 0.00384. The minimum atomic E-state index is -1.20. The molecule has 4 atom stereocenters. The maximum atomic E-state index is 11.7. The summed E-state index contributed by atoms with van der Waals surface area (Å²) in [6.45, 7) is -0.222. The number of aromatic hydroxyl groups is 1. The van der Waals surface area contributed by atoms with Gasteiger partial charge in [0.2, 0.25) is 0 Å². The van der Waals surface area contributed by atoms with Gasteiger partial charge < -0.3 is 34.3 Å². The van der Waals surface area contributed by atoms with Gasteiger partial charge in [-0.15, -0.1) is 0 Å². The number of carbonyl (C=O) groups excluding carboxylic acids is 1. The third-order valence-corrected chi connectivity index (χ3v) is 3.56. The summed E-state index contributed by atoms with van der Waals surface area (Å²) in [6, 6.07) is 4.60. The molecule has 0 bridgehead atoms. The van der Waals surface area contributed by atoms with E-state index < -0.39 is 30.6 Å². The van der Waals surface area contributed by atoms with Crippen molar-refractivity contribution in [2.24, 2.45) is 0 Å². The van der Waals surface area contributed by atoms with Gasteiger partial charge >= 0.3 is 5.97 Å². The van der Waals surface area contributed by atoms with Crippen LogP contribution in [0.2, 0.25) is 0 Å². The highest BCUT2D eigenvalue weighted by molar-refractivity contribution is 5.87. The van der Waals surface area contributed by atoms with Gasteiger partial charge in [-0.1, -0.05) is 6.07 Å². The van der Waals surface area contributed by atoms with E-state index in [0.29, 0.717) is 5.56 Å². The van der Waals surface area contributed by atoms with Crippen LogP contribution in [-0.4, -0.2) is 66.7 Å². The Morgan fingerprint density at radius 1 is 1.29 bits per heavy atom. The van der Waals surface area contributed by atoms with Crippen molar-refractivity contribution in [1.82, 2.24) is 0 Å². The van der Waals surface area contributed by atoms with Crippen molar-refractivity contribution in [2.45, 2.75) is 24.6 Å². The van der Waals surface area contributed by atoms with Gasteiger partial charge in [0, 0.05) is 13.2 Å². The summed E-state index contributed by atoms with van der Waals surface area (Å²) in [5.74, 6) is -0.364. The molecule has 24 heavy (non-hydrogen) atoms. The Bertz CT molecular complexity index is 600. The van der Waals surface area contributed by atoms with E-state index >= 15 is 0 Å². The number of phenols is 1. The molecule has 1 aromatic carbocycles. The maximum absolute atomic E-state index is 11.7. The minimum Gasteiger partial charge on any atom is -0.504 e. The lowest BCUT2D eigenvalue weighted by atomic mass is 10.1. The van der Waals surface area contributed by atoms with Crippen molar-refractivity contribution < 1.29 is 39.1 Å². The Morgan fingerprint density at radius 3 is 2.67 bits per heavy atom. The van der Waals surface area contributed by atoms with Gasteiger partial charge in [0.1, 0.15) is 24.9 Å². The third kappa shape index (κ3) is 4.24. The molecule has 8 heteroatoms. The van der Waals surface area contributed by atoms with E-state index in [-0.39, 0.29) is 18.1 Å². The van der Waals surface area contributed by atoms with Crippen LogP contribution in [-0.2, 0) is 19.0 Å². The average Bonchev–Trinajstić information content (AvgIpc) is 2.86. The third-order valence-electron chi connectivity index (χ3n) is 3.56. The number of carbonyl (C=O) groups is 1. The molecule has 0 radical (unpaired) electrons. The predicted octanol–water partition coefficient (Wildman–Crippen LogP) is 0.0503. The van der Waals surface area contributed by atoms with Crippen LogP contribution in [0.3, 0.4) is 0 Å². The highest BCUT2D eigenvalue weighted by Gasteiger charge is 2.43. The fourth-order valence-electron chi connectivity index (χ4n) is 2.22. The number of ether oxygens (including phenoxy) is 4. The number of esters is 1. The first-order valence-corrected chi connectivity index (χ1v) is 7.22. The molecular weight excluding hydrogens is 320 g/mol. The lowest BCUT2D eigenvalue weighted by molar-refractivity contribution is -0.162. The molecule has 1 fully saturated rings. The summed E-state index contributed by atoms with van der Waals surface area (Å²) in [7, 11) is 2.76. The molecule has 1 heterocycles. The number of methoxy groups -OCH3 is 2. The SMILES string of the molecule is COc1cc(/C=C/C(=O)OC[C@@H]2O[C@@H](OC)[C@H](O)[C@H]2O)ccc1O. The van der Waals surface area contributed by atoms with Gasteiger partial charge in [0.25, 0.3) is 0 Å². The fraction of sp³-hybridized carbons (Fsp3) is 0.438. The summed E-state index contributed by atoms with van der Waals surface area (Å²) in [5.41, 5.74) is 0.633. The molecule has 0 amide bonds. The van der Waals surface area contributed by atoms with Gasteiger partial charge in [-0.2, -0.15) is 0 Å². The first kappa shape index (κ1) is 18.2. The lowest BCUT2D eigenvalue weighted by Gasteiger charge is -2.13. The van der Waals surface area contributed by atoms with E-state index in [0.717, 1.165) is 0 Å². The highest BCUT2D eigenvalue weighted by Crippen LogP contribution is 2.26. The zero-order valence-electron chi connectivity index (χ0n) is 13.3. The molecule has 1 aromatic rings. The second-order valence-corrected chi connectivity index (χ2v) is 5.15. The average molecular weight is 340 g/mol. The molecule has 8 nitrogen and oxygen atoms in total. The fourth-order valence-corrected chi connectivity index (χ4v) is 2.22. The Balaban J connectivity index is 1.87. The van der Waals surface area contributed by atoms with Crippen LogP contribution in [0.25, 0.3) is 6.08 Å². The smallest absolute Gasteiger partial charge is 0.330 e. The summed E-state index contributed by atoms with van der Waals surface area (Å²) >= 11 is 0. The second-order valence-electron chi connectivity index (χ2n) is 5.15. The molecule has 0 aromatic heterocycles. The van der Waals surface area contributed by atoms with Gasteiger partial charge in [-0.3, -0.25) is 0 Å². The van der Waals surface area contributed by atoms with Crippen molar-refractivity contribution in [3.05, 3.63) is 29.8 Å². The van der Waals surface area contributed by atoms with Crippen LogP contribution >= 0.6 is 0 Å². The largest absolute Gasteiger partial charge is 0.504 e. The Morgan fingerprint density at radius 2 is 2.04 bits per heavy atom. The first-order chi connectivity index (χ1) is 11.5. The molecule has 1 aliphatic rings. The predicted molar refractivity (Wildman–Crippen MR) is 82.3 cm³/mol. The standard InChI is InChI=1S/C16H20O8/c1-21-11-7-9(3-5-10(11)17)4-6-13(18)23-8-12-14(19)15(20)16(22-2)24-12/h3-7,12,14-17,19-20H,8H2,1-2H3/b6-4+/t12-,14-,15+,16+/m0/s1. The number of benzene rings is 1. The molecule has 2 rings (SSSR count). The van der Waals surface area contributed by atoms with Crippen LogP contribution in [0.15, 0.2) is 24.3 Å². The normalized spacial score (nSPS) is 26.7. The maximum Gasteiger partial charge on any atom is 0.330 e. The first-order valence-electron chi connectivity index (χ1n) is 7.22. The van der Waals surface area contributed by atoms with Gasteiger partial charge in [-0.05, 0) is 23.8 Å². The number of hydrogen-bond donors (Lipinski definition) is 3. The number of aliphatic hydroxyl groups excluding tert-OH is 2. The number of rotatable bonds is 6. The van der Waals surface area contributed by atoms with Crippen molar-refractivity contribution >= 4 is 12.0 Å². The molecule has 3 N–H and O–H groups in total. The van der Waals surface area contributed by atoms with Gasteiger partial charge in [0.15, 0.2) is 17.8 Å². The molecular formula is C16H20O8. The van der Waals surface area contributed by atoms with Crippen LogP contribution in [0.4, 0.5) is 0 Å². The summed E-state index contributed by atoms with van der Waals surface area (Å²) in [4.78, 5) is 11.7. The summed E-state index contributed by atoms with van der Waals surface area (Å²) in [6.07, 6.45) is -1.54. The van der Waals surface area contributed by atoms with E-state index in [4.69, 9.17) is 18.9 Å². The zero-order valence-corrected chi connectivity index (χ0v) is 13.3. The molecule has 0 unspecified atom stereocenters.